The van der Waals surface area contributed by atoms with Crippen LogP contribution in [0.2, 0.25) is 11.6 Å². The van der Waals surface area contributed by atoms with Gasteiger partial charge in [-0.15, -0.1) is 0 Å². The van der Waals surface area contributed by atoms with Crippen molar-refractivity contribution in [2.45, 2.75) is 11.6 Å². The van der Waals surface area contributed by atoms with Gasteiger partial charge < -0.3 is 0 Å². The van der Waals surface area contributed by atoms with Crippen molar-refractivity contribution < 1.29 is 0 Å². The van der Waals surface area contributed by atoms with Crippen molar-refractivity contribution in [3.8, 4) is 0 Å². The first-order chi connectivity index (χ1) is 4.86. The van der Waals surface area contributed by atoms with Gasteiger partial charge in [-0.05, 0) is 0 Å². The SMILES string of the molecule is C[Se]c1ccc([Se]C)cc1. The number of hydrogen-bond donors (Lipinski definition) is 0. The van der Waals surface area contributed by atoms with Gasteiger partial charge in [-0.2, -0.15) is 0 Å². The zero-order valence-corrected chi connectivity index (χ0v) is 9.55. The summed E-state index contributed by atoms with van der Waals surface area (Å²) >= 11 is 1.33. The molecule has 0 aliphatic carbocycles. The first-order valence-electron chi connectivity index (χ1n) is 3.05. The van der Waals surface area contributed by atoms with Crippen LogP contribution in [0.15, 0.2) is 24.3 Å². The molecule has 0 aromatic heterocycles. The second kappa shape index (κ2) is 4.20. The molecule has 0 fully saturated rings. The average molecular weight is 264 g/mol. The first kappa shape index (κ1) is 8.36. The predicted octanol–water partition coefficient (Wildman–Crippen LogP) is 0.442. The molecule has 2 heteroatoms. The van der Waals surface area contributed by atoms with Crippen LogP contribution < -0.4 is 8.92 Å². The van der Waals surface area contributed by atoms with Gasteiger partial charge in [0, 0.05) is 0 Å². The van der Waals surface area contributed by atoms with Crippen molar-refractivity contribution in [3.63, 3.8) is 0 Å². The Morgan fingerprint density at radius 2 is 1.10 bits per heavy atom. The van der Waals surface area contributed by atoms with Gasteiger partial charge >= 0.3 is 74.7 Å². The predicted molar refractivity (Wildman–Crippen MR) is 48.9 cm³/mol. The second-order valence-electron chi connectivity index (χ2n) is 1.88. The van der Waals surface area contributed by atoms with Crippen molar-refractivity contribution in [3.05, 3.63) is 24.3 Å². The molecule has 54 valence electrons. The molecule has 0 amide bonds. The quantitative estimate of drug-likeness (QED) is 0.680. The third-order valence-corrected chi connectivity index (χ3v) is 4.42. The van der Waals surface area contributed by atoms with Crippen LogP contribution >= 0.6 is 0 Å². The molecule has 1 aromatic carbocycles. The second-order valence-corrected chi connectivity index (χ2v) is 5.57. The molecule has 10 heavy (non-hydrogen) atoms. The third kappa shape index (κ3) is 2.14. The average Bonchev–Trinajstić information content (AvgIpc) is 2.05. The van der Waals surface area contributed by atoms with Crippen LogP contribution in [0.4, 0.5) is 0 Å². The summed E-state index contributed by atoms with van der Waals surface area (Å²) in [5.74, 6) is 4.50. The molecule has 0 aliphatic rings. The monoisotopic (exact) mass is 266 g/mol. The Bertz CT molecular complexity index is 168. The molecule has 0 N–H and O–H groups in total. The van der Waals surface area contributed by atoms with E-state index in [1.807, 2.05) is 0 Å². The van der Waals surface area contributed by atoms with Crippen molar-refractivity contribution in [1.82, 2.24) is 0 Å². The molecule has 0 unspecified atom stereocenters. The standard InChI is InChI=1S/C8H10Se2/c1-9-7-3-5-8(10-2)6-4-7/h3-6H,1-2H3. The minimum absolute atomic E-state index is 0.666. The summed E-state index contributed by atoms with van der Waals surface area (Å²) in [6.45, 7) is 0. The van der Waals surface area contributed by atoms with E-state index in [9.17, 15) is 0 Å². The van der Waals surface area contributed by atoms with Crippen molar-refractivity contribution in [1.29, 1.82) is 0 Å². The summed E-state index contributed by atoms with van der Waals surface area (Å²) in [7, 11) is 0. The molecule has 1 aromatic rings. The fraction of sp³-hybridized carbons (Fsp3) is 0.250. The van der Waals surface area contributed by atoms with Gasteiger partial charge in [0.1, 0.15) is 0 Å². The van der Waals surface area contributed by atoms with Crippen LogP contribution in [-0.4, -0.2) is 29.9 Å². The Hall–Kier alpha value is 0.259. The normalized spacial score (nSPS) is 9.80. The minimum atomic E-state index is 0.666. The fourth-order valence-corrected chi connectivity index (χ4v) is 2.42. The maximum absolute atomic E-state index is 2.25. The topological polar surface area (TPSA) is 0 Å². The van der Waals surface area contributed by atoms with Gasteiger partial charge in [0.05, 0.1) is 0 Å². The summed E-state index contributed by atoms with van der Waals surface area (Å²) in [5.41, 5.74) is 0. The summed E-state index contributed by atoms with van der Waals surface area (Å²) < 4.78 is 3.00. The maximum atomic E-state index is 2.25. The van der Waals surface area contributed by atoms with Gasteiger partial charge in [-0.3, -0.25) is 0 Å². The van der Waals surface area contributed by atoms with E-state index >= 15 is 0 Å². The number of benzene rings is 1. The molecule has 0 saturated heterocycles. The third-order valence-electron chi connectivity index (χ3n) is 1.30. The summed E-state index contributed by atoms with van der Waals surface area (Å²) in [4.78, 5) is 0. The van der Waals surface area contributed by atoms with Gasteiger partial charge in [-0.1, -0.05) is 0 Å². The van der Waals surface area contributed by atoms with Gasteiger partial charge in [0.15, 0.2) is 0 Å². The van der Waals surface area contributed by atoms with E-state index in [0.29, 0.717) is 29.9 Å². The van der Waals surface area contributed by atoms with E-state index in [-0.39, 0.29) is 0 Å². The zero-order valence-electron chi connectivity index (χ0n) is 6.13. The molecule has 0 spiro atoms. The van der Waals surface area contributed by atoms with E-state index < -0.39 is 0 Å². The van der Waals surface area contributed by atoms with Crippen LogP contribution in [-0.2, 0) is 0 Å². The van der Waals surface area contributed by atoms with Crippen LogP contribution in [0.3, 0.4) is 0 Å². The number of hydrogen-bond acceptors (Lipinski definition) is 0. The van der Waals surface area contributed by atoms with E-state index in [4.69, 9.17) is 0 Å². The number of rotatable bonds is 2. The zero-order chi connectivity index (χ0) is 7.40. The molecule has 0 heterocycles. The Balaban J connectivity index is 2.80. The van der Waals surface area contributed by atoms with Gasteiger partial charge in [-0.25, -0.2) is 0 Å². The van der Waals surface area contributed by atoms with E-state index in [2.05, 4.69) is 35.9 Å². The Kier molecular flexibility index (Phi) is 3.51. The molecule has 0 atom stereocenters. The Morgan fingerprint density at radius 1 is 0.800 bits per heavy atom. The van der Waals surface area contributed by atoms with Crippen molar-refractivity contribution in [2.75, 3.05) is 0 Å². The van der Waals surface area contributed by atoms with E-state index in [0.717, 1.165) is 0 Å². The Morgan fingerprint density at radius 3 is 1.30 bits per heavy atom. The van der Waals surface area contributed by atoms with E-state index in [1.165, 1.54) is 8.92 Å². The molecule has 0 bridgehead atoms. The van der Waals surface area contributed by atoms with Crippen LogP contribution in [0, 0.1) is 0 Å². The summed E-state index contributed by atoms with van der Waals surface area (Å²) in [6.07, 6.45) is 0. The molecule has 0 radical (unpaired) electrons. The molecule has 1 rings (SSSR count). The van der Waals surface area contributed by atoms with Gasteiger partial charge in [0.25, 0.3) is 0 Å². The van der Waals surface area contributed by atoms with Crippen LogP contribution in [0.5, 0.6) is 0 Å². The van der Waals surface area contributed by atoms with E-state index in [1.54, 1.807) is 0 Å². The Labute approximate surface area is 74.7 Å². The summed E-state index contributed by atoms with van der Waals surface area (Å²) in [6, 6.07) is 9.00. The fourth-order valence-electron chi connectivity index (χ4n) is 0.712. The van der Waals surface area contributed by atoms with Crippen molar-refractivity contribution in [2.24, 2.45) is 0 Å². The molecular weight excluding hydrogens is 254 g/mol. The van der Waals surface area contributed by atoms with Crippen molar-refractivity contribution >= 4 is 38.8 Å². The molecular formula is C8H10Se2. The summed E-state index contributed by atoms with van der Waals surface area (Å²) in [5, 5.41) is 0. The van der Waals surface area contributed by atoms with Crippen LogP contribution in [0.1, 0.15) is 0 Å². The first-order valence-corrected chi connectivity index (χ1v) is 8.19. The van der Waals surface area contributed by atoms with Crippen LogP contribution in [0.25, 0.3) is 0 Å². The molecule has 0 aliphatic heterocycles. The van der Waals surface area contributed by atoms with Gasteiger partial charge in [0.2, 0.25) is 0 Å². The molecule has 0 saturated carbocycles. The molecule has 0 nitrogen and oxygen atoms in total.